The molecule has 2 aliphatic rings. The number of hydrogen-bond acceptors (Lipinski definition) is 5. The lowest BCUT2D eigenvalue weighted by Crippen LogP contribution is -2.30. The van der Waals surface area contributed by atoms with E-state index in [4.69, 9.17) is 18.9 Å². The molecule has 0 bridgehead atoms. The van der Waals surface area contributed by atoms with Crippen LogP contribution in [0, 0.1) is 0 Å². The van der Waals surface area contributed by atoms with Gasteiger partial charge in [0.1, 0.15) is 11.5 Å². The Balaban J connectivity index is 1.39. The summed E-state index contributed by atoms with van der Waals surface area (Å²) in [5.41, 5.74) is 2.12. The van der Waals surface area contributed by atoms with Crippen molar-refractivity contribution in [2.45, 2.75) is 64.0 Å². The van der Waals surface area contributed by atoms with E-state index >= 15 is 0 Å². The van der Waals surface area contributed by atoms with Crippen LogP contribution in [0.15, 0.2) is 34.7 Å². The van der Waals surface area contributed by atoms with Crippen molar-refractivity contribution < 1.29 is 13.9 Å². The highest BCUT2D eigenvalue weighted by atomic mass is 16.5. The monoisotopic (exact) mass is 398 g/mol. The SMILES string of the molecule is CC(C)c1oc([C@H]2CCCN2CCOC[C@H]2CCCCO2)nc1-c1ccccc1. The molecule has 0 N–H and O–H groups in total. The predicted molar refractivity (Wildman–Crippen MR) is 114 cm³/mol. The van der Waals surface area contributed by atoms with Crippen molar-refractivity contribution in [3.8, 4) is 11.3 Å². The van der Waals surface area contributed by atoms with Gasteiger partial charge in [-0.1, -0.05) is 44.2 Å². The van der Waals surface area contributed by atoms with Gasteiger partial charge < -0.3 is 13.9 Å². The van der Waals surface area contributed by atoms with Crippen molar-refractivity contribution in [3.05, 3.63) is 42.0 Å². The van der Waals surface area contributed by atoms with E-state index in [9.17, 15) is 0 Å². The zero-order chi connectivity index (χ0) is 20.1. The molecule has 0 radical (unpaired) electrons. The second kappa shape index (κ2) is 9.88. The third-order valence-corrected chi connectivity index (χ3v) is 5.99. The zero-order valence-electron chi connectivity index (χ0n) is 17.8. The van der Waals surface area contributed by atoms with E-state index in [0.717, 1.165) is 62.1 Å². The van der Waals surface area contributed by atoms with E-state index in [1.807, 2.05) is 6.07 Å². The molecule has 2 fully saturated rings. The smallest absolute Gasteiger partial charge is 0.212 e. The Morgan fingerprint density at radius 2 is 2.00 bits per heavy atom. The molecule has 0 unspecified atom stereocenters. The predicted octanol–water partition coefficient (Wildman–Crippen LogP) is 5.19. The lowest BCUT2D eigenvalue weighted by Gasteiger charge is -2.24. The van der Waals surface area contributed by atoms with Gasteiger partial charge in [-0.3, -0.25) is 4.90 Å². The number of nitrogens with zero attached hydrogens (tertiary/aromatic N) is 2. The fourth-order valence-electron chi connectivity index (χ4n) is 4.39. The summed E-state index contributed by atoms with van der Waals surface area (Å²) in [5, 5.41) is 0. The Morgan fingerprint density at radius 1 is 1.14 bits per heavy atom. The second-order valence-corrected chi connectivity index (χ2v) is 8.54. The van der Waals surface area contributed by atoms with Crippen LogP contribution >= 0.6 is 0 Å². The molecule has 0 spiro atoms. The van der Waals surface area contributed by atoms with Crippen molar-refractivity contribution in [2.75, 3.05) is 32.9 Å². The van der Waals surface area contributed by atoms with Gasteiger partial charge in [0.25, 0.3) is 0 Å². The number of rotatable bonds is 8. The first-order valence-electron chi connectivity index (χ1n) is 11.2. The summed E-state index contributed by atoms with van der Waals surface area (Å²) < 4.78 is 18.0. The van der Waals surface area contributed by atoms with Crippen molar-refractivity contribution >= 4 is 0 Å². The molecule has 0 saturated carbocycles. The van der Waals surface area contributed by atoms with Gasteiger partial charge in [-0.05, 0) is 38.6 Å². The average Bonchev–Trinajstić information content (AvgIpc) is 3.40. The third kappa shape index (κ3) is 5.08. The molecular formula is C24H34N2O3. The van der Waals surface area contributed by atoms with Crippen molar-refractivity contribution in [1.29, 1.82) is 0 Å². The molecule has 2 aliphatic heterocycles. The molecule has 0 amide bonds. The highest BCUT2D eigenvalue weighted by Crippen LogP contribution is 2.37. The number of oxazole rings is 1. The normalized spacial score (nSPS) is 23.1. The molecule has 3 heterocycles. The van der Waals surface area contributed by atoms with Crippen LogP contribution in [0.5, 0.6) is 0 Å². The molecule has 2 aromatic rings. The van der Waals surface area contributed by atoms with Crippen molar-refractivity contribution in [1.82, 2.24) is 9.88 Å². The Hall–Kier alpha value is -1.69. The first kappa shape index (κ1) is 20.6. The number of likely N-dealkylation sites (tertiary alicyclic amines) is 1. The standard InChI is InChI=1S/C24H34N2O3/c1-18(2)23-22(19-9-4-3-5-10-19)25-24(29-23)21-12-8-13-26(21)14-16-27-17-20-11-6-7-15-28-20/h3-5,9-10,18,20-21H,6-8,11-17H2,1-2H3/t20-,21-/m1/s1. The van der Waals surface area contributed by atoms with Gasteiger partial charge in [-0.25, -0.2) is 4.98 Å². The first-order chi connectivity index (χ1) is 14.2. The van der Waals surface area contributed by atoms with Gasteiger partial charge in [0.2, 0.25) is 5.89 Å². The minimum atomic E-state index is 0.250. The zero-order valence-corrected chi connectivity index (χ0v) is 17.8. The first-order valence-corrected chi connectivity index (χ1v) is 11.2. The largest absolute Gasteiger partial charge is 0.443 e. The average molecular weight is 399 g/mol. The molecule has 5 heteroatoms. The van der Waals surface area contributed by atoms with Gasteiger partial charge in [0.05, 0.1) is 25.4 Å². The maximum absolute atomic E-state index is 6.33. The molecular weight excluding hydrogens is 364 g/mol. The van der Waals surface area contributed by atoms with Gasteiger partial charge >= 0.3 is 0 Å². The van der Waals surface area contributed by atoms with Crippen molar-refractivity contribution in [3.63, 3.8) is 0 Å². The fourth-order valence-corrected chi connectivity index (χ4v) is 4.39. The summed E-state index contributed by atoms with van der Waals surface area (Å²) in [7, 11) is 0. The Labute approximate surface area is 174 Å². The molecule has 5 nitrogen and oxygen atoms in total. The molecule has 2 saturated heterocycles. The third-order valence-electron chi connectivity index (χ3n) is 5.99. The quantitative estimate of drug-likeness (QED) is 0.573. The Morgan fingerprint density at radius 3 is 2.76 bits per heavy atom. The van der Waals surface area contributed by atoms with E-state index in [1.165, 1.54) is 19.3 Å². The van der Waals surface area contributed by atoms with Crippen LogP contribution in [0.1, 0.15) is 69.6 Å². The van der Waals surface area contributed by atoms with Gasteiger partial charge in [0.15, 0.2) is 0 Å². The second-order valence-electron chi connectivity index (χ2n) is 8.54. The highest BCUT2D eigenvalue weighted by molar-refractivity contribution is 5.61. The van der Waals surface area contributed by atoms with Crippen LogP contribution in [0.25, 0.3) is 11.3 Å². The van der Waals surface area contributed by atoms with E-state index in [0.29, 0.717) is 12.5 Å². The molecule has 158 valence electrons. The number of ether oxygens (including phenoxy) is 2. The Kier molecular flexibility index (Phi) is 7.01. The number of benzene rings is 1. The van der Waals surface area contributed by atoms with Crippen LogP contribution in [0.2, 0.25) is 0 Å². The number of hydrogen-bond donors (Lipinski definition) is 0. The Bertz CT molecular complexity index is 753. The summed E-state index contributed by atoms with van der Waals surface area (Å²) in [6.07, 6.45) is 6.13. The van der Waals surface area contributed by atoms with E-state index in [-0.39, 0.29) is 12.1 Å². The van der Waals surface area contributed by atoms with E-state index in [1.54, 1.807) is 0 Å². The van der Waals surface area contributed by atoms with Crippen LogP contribution in [-0.4, -0.2) is 48.9 Å². The van der Waals surface area contributed by atoms with Gasteiger partial charge in [0, 0.05) is 24.6 Å². The summed E-state index contributed by atoms with van der Waals surface area (Å²) in [6, 6.07) is 10.6. The van der Waals surface area contributed by atoms with E-state index < -0.39 is 0 Å². The van der Waals surface area contributed by atoms with Crippen molar-refractivity contribution in [2.24, 2.45) is 0 Å². The number of aromatic nitrogens is 1. The highest BCUT2D eigenvalue weighted by Gasteiger charge is 2.31. The maximum Gasteiger partial charge on any atom is 0.212 e. The topological polar surface area (TPSA) is 47.7 Å². The summed E-state index contributed by atoms with van der Waals surface area (Å²) in [6.45, 7) is 8.67. The lowest BCUT2D eigenvalue weighted by molar-refractivity contribution is -0.0440. The van der Waals surface area contributed by atoms with Gasteiger partial charge in [-0.2, -0.15) is 0 Å². The van der Waals surface area contributed by atoms with Crippen LogP contribution in [0.3, 0.4) is 0 Å². The molecule has 2 atom stereocenters. The molecule has 0 aliphatic carbocycles. The van der Waals surface area contributed by atoms with Gasteiger partial charge in [-0.15, -0.1) is 0 Å². The summed E-state index contributed by atoms with van der Waals surface area (Å²) in [5.74, 6) is 2.16. The summed E-state index contributed by atoms with van der Waals surface area (Å²) >= 11 is 0. The van der Waals surface area contributed by atoms with Crippen LogP contribution in [0.4, 0.5) is 0 Å². The minimum Gasteiger partial charge on any atom is -0.443 e. The summed E-state index contributed by atoms with van der Waals surface area (Å²) in [4.78, 5) is 7.43. The van der Waals surface area contributed by atoms with Crippen LogP contribution < -0.4 is 0 Å². The molecule has 4 rings (SSSR count). The fraction of sp³-hybridized carbons (Fsp3) is 0.625. The molecule has 1 aromatic heterocycles. The minimum absolute atomic E-state index is 0.250. The lowest BCUT2D eigenvalue weighted by atomic mass is 10.0. The molecule has 29 heavy (non-hydrogen) atoms. The van der Waals surface area contributed by atoms with Crippen LogP contribution in [-0.2, 0) is 9.47 Å². The maximum atomic E-state index is 6.33. The van der Waals surface area contributed by atoms with E-state index in [2.05, 4.69) is 43.0 Å². The molecule has 1 aromatic carbocycles.